The maximum Gasteiger partial charge on any atom is 0.336 e. The Kier molecular flexibility index (Phi) is 5.15. The number of benzene rings is 2. The van der Waals surface area contributed by atoms with Crippen molar-refractivity contribution in [3.8, 4) is 11.5 Å². The Balaban J connectivity index is 1.52. The van der Waals surface area contributed by atoms with E-state index in [-0.39, 0.29) is 10.8 Å². The number of rotatable bonds is 4. The molecule has 0 saturated carbocycles. The Morgan fingerprint density at radius 3 is 2.71 bits per heavy atom. The second kappa shape index (κ2) is 7.73. The van der Waals surface area contributed by atoms with Crippen molar-refractivity contribution in [1.82, 2.24) is 0 Å². The minimum atomic E-state index is -0.448. The average molecular weight is 401 g/mol. The van der Waals surface area contributed by atoms with E-state index < -0.39 is 5.63 Å². The van der Waals surface area contributed by atoms with Gasteiger partial charge in [-0.25, -0.2) is 4.79 Å². The lowest BCUT2D eigenvalue weighted by Crippen LogP contribution is -3.13. The Labute approximate surface area is 167 Å². The first-order chi connectivity index (χ1) is 13.5. The van der Waals surface area contributed by atoms with E-state index in [0.29, 0.717) is 12.1 Å². The van der Waals surface area contributed by atoms with Crippen LogP contribution in [-0.4, -0.2) is 33.3 Å². The van der Waals surface area contributed by atoms with Gasteiger partial charge >= 0.3 is 5.63 Å². The summed E-state index contributed by atoms with van der Waals surface area (Å²) in [5.74, 6) is 0.535. The first-order valence-corrected chi connectivity index (χ1v) is 9.58. The summed E-state index contributed by atoms with van der Waals surface area (Å²) in [4.78, 5) is 15.6. The third kappa shape index (κ3) is 3.66. The van der Waals surface area contributed by atoms with Gasteiger partial charge in [-0.15, -0.1) is 0 Å². The first kappa shape index (κ1) is 18.7. The molecule has 7 heteroatoms. The van der Waals surface area contributed by atoms with Crippen LogP contribution in [0.2, 0.25) is 5.02 Å². The molecule has 2 heterocycles. The monoisotopic (exact) mass is 400 g/mol. The molecule has 1 N–H and O–H groups in total. The fourth-order valence-electron chi connectivity index (χ4n) is 3.78. The van der Waals surface area contributed by atoms with E-state index in [1.54, 1.807) is 13.2 Å². The highest BCUT2D eigenvalue weighted by atomic mass is 35.5. The second-order valence-corrected chi connectivity index (χ2v) is 7.36. The molecule has 28 heavy (non-hydrogen) atoms. The Morgan fingerprint density at radius 1 is 1.21 bits per heavy atom. The number of methoxy groups -OCH3 is 1. The fraction of sp³-hybridized carbons (Fsp3) is 0.286. The Bertz CT molecular complexity index is 1060. The van der Waals surface area contributed by atoms with E-state index >= 15 is 0 Å². The number of hydrogen-bond donors (Lipinski definition) is 1. The standard InChI is InChI=1S/C21H21ClN2O4/c1-27-19-5-3-2-4-17(19)24-8-6-23(7-9-24)13-14-10-21(26)28-20-12-18(25)16(22)11-15(14)20/h2-5,10-12,25H,6-9,13H2,1H3. The van der Waals surface area contributed by atoms with E-state index in [4.69, 9.17) is 20.8 Å². The van der Waals surface area contributed by atoms with Crippen LogP contribution < -0.4 is 25.3 Å². The maximum atomic E-state index is 11.9. The molecule has 1 aromatic heterocycles. The SMILES string of the molecule is COc1ccccc1N1CC[NH+](Cc2cc(=O)oc3cc([O-])c(Cl)cc23)CC1. The Morgan fingerprint density at radius 2 is 1.96 bits per heavy atom. The molecular weight excluding hydrogens is 380 g/mol. The fourth-order valence-corrected chi connectivity index (χ4v) is 3.94. The van der Waals surface area contributed by atoms with Crippen molar-refractivity contribution in [2.24, 2.45) is 0 Å². The summed E-state index contributed by atoms with van der Waals surface area (Å²) < 4.78 is 10.7. The predicted octanol–water partition coefficient (Wildman–Crippen LogP) is 1.43. The van der Waals surface area contributed by atoms with Gasteiger partial charge in [-0.05, 0) is 24.3 Å². The summed E-state index contributed by atoms with van der Waals surface area (Å²) in [6, 6.07) is 12.4. The lowest BCUT2D eigenvalue weighted by Gasteiger charge is -2.34. The molecule has 1 saturated heterocycles. The number of nitrogens with zero attached hydrogens (tertiary/aromatic N) is 1. The quantitative estimate of drug-likeness (QED) is 0.671. The number of quaternary nitrogens is 1. The third-order valence-electron chi connectivity index (χ3n) is 5.22. The molecule has 0 unspecified atom stereocenters. The normalized spacial score (nSPS) is 15.1. The van der Waals surface area contributed by atoms with E-state index in [1.165, 1.54) is 17.0 Å². The zero-order valence-corrected chi connectivity index (χ0v) is 16.3. The van der Waals surface area contributed by atoms with Gasteiger partial charge in [0.25, 0.3) is 0 Å². The van der Waals surface area contributed by atoms with Crippen LogP contribution in [0.3, 0.4) is 0 Å². The van der Waals surface area contributed by atoms with Gasteiger partial charge < -0.3 is 24.1 Å². The number of ether oxygens (including phenoxy) is 1. The maximum absolute atomic E-state index is 11.9. The summed E-state index contributed by atoms with van der Waals surface area (Å²) in [5.41, 5.74) is 1.80. The van der Waals surface area contributed by atoms with Gasteiger partial charge in [-0.3, -0.25) is 0 Å². The molecule has 0 aliphatic carbocycles. The molecule has 2 aromatic carbocycles. The van der Waals surface area contributed by atoms with Crippen LogP contribution in [0.25, 0.3) is 11.0 Å². The van der Waals surface area contributed by atoms with Crippen molar-refractivity contribution in [3.63, 3.8) is 0 Å². The average Bonchev–Trinajstić information content (AvgIpc) is 2.70. The summed E-state index contributed by atoms with van der Waals surface area (Å²) in [5, 5.41) is 12.6. The van der Waals surface area contributed by atoms with Crippen LogP contribution in [0.15, 0.2) is 51.7 Å². The van der Waals surface area contributed by atoms with Crippen molar-refractivity contribution >= 4 is 28.3 Å². The van der Waals surface area contributed by atoms with Gasteiger partial charge in [0.2, 0.25) is 0 Å². The predicted molar refractivity (Wildman–Crippen MR) is 107 cm³/mol. The second-order valence-electron chi connectivity index (χ2n) is 6.96. The van der Waals surface area contributed by atoms with Crippen LogP contribution in [0, 0.1) is 0 Å². The molecule has 1 aliphatic heterocycles. The van der Waals surface area contributed by atoms with E-state index in [0.717, 1.165) is 48.6 Å². The molecule has 0 radical (unpaired) electrons. The third-order valence-corrected chi connectivity index (χ3v) is 5.51. The highest BCUT2D eigenvalue weighted by molar-refractivity contribution is 6.32. The highest BCUT2D eigenvalue weighted by Gasteiger charge is 2.23. The zero-order valence-electron chi connectivity index (χ0n) is 15.5. The molecule has 1 aliphatic rings. The highest BCUT2D eigenvalue weighted by Crippen LogP contribution is 2.29. The van der Waals surface area contributed by atoms with E-state index in [1.807, 2.05) is 18.2 Å². The number of fused-ring (bicyclic) bond motifs is 1. The number of piperazine rings is 1. The van der Waals surface area contributed by atoms with Crippen LogP contribution >= 0.6 is 11.6 Å². The molecular formula is C21H21ClN2O4. The van der Waals surface area contributed by atoms with Crippen LogP contribution in [0.4, 0.5) is 5.69 Å². The van der Waals surface area contributed by atoms with Crippen molar-refractivity contribution in [3.05, 3.63) is 63.5 Å². The van der Waals surface area contributed by atoms with Gasteiger partial charge in [0.1, 0.15) is 17.9 Å². The van der Waals surface area contributed by atoms with Gasteiger partial charge in [0, 0.05) is 22.0 Å². The van der Waals surface area contributed by atoms with E-state index in [9.17, 15) is 9.90 Å². The molecule has 0 spiro atoms. The molecule has 6 nitrogen and oxygen atoms in total. The molecule has 146 valence electrons. The summed E-state index contributed by atoms with van der Waals surface area (Å²) in [6.45, 7) is 4.30. The van der Waals surface area contributed by atoms with Crippen LogP contribution in [-0.2, 0) is 6.54 Å². The van der Waals surface area contributed by atoms with Gasteiger partial charge in [0.05, 0.1) is 39.0 Å². The van der Waals surface area contributed by atoms with Gasteiger partial charge in [-0.1, -0.05) is 29.5 Å². The largest absolute Gasteiger partial charge is 0.871 e. The van der Waals surface area contributed by atoms with E-state index in [2.05, 4.69) is 11.0 Å². The van der Waals surface area contributed by atoms with Gasteiger partial charge in [0.15, 0.2) is 0 Å². The topological polar surface area (TPSA) is 70.2 Å². The zero-order chi connectivity index (χ0) is 19.7. The molecule has 1 fully saturated rings. The van der Waals surface area contributed by atoms with Crippen molar-refractivity contribution < 1.29 is 19.2 Å². The summed E-state index contributed by atoms with van der Waals surface area (Å²) in [6.07, 6.45) is 0. The van der Waals surface area contributed by atoms with Crippen LogP contribution in [0.1, 0.15) is 5.56 Å². The number of para-hydroxylation sites is 2. The molecule has 0 atom stereocenters. The molecule has 3 aromatic rings. The summed E-state index contributed by atoms with van der Waals surface area (Å²) in [7, 11) is 1.69. The number of hydrogen-bond acceptors (Lipinski definition) is 5. The smallest absolute Gasteiger partial charge is 0.336 e. The van der Waals surface area contributed by atoms with Gasteiger partial charge in [-0.2, -0.15) is 0 Å². The molecule has 0 amide bonds. The molecule has 0 bridgehead atoms. The molecule has 4 rings (SSSR count). The first-order valence-electron chi connectivity index (χ1n) is 9.20. The number of halogens is 1. The van der Waals surface area contributed by atoms with Crippen molar-refractivity contribution in [1.29, 1.82) is 0 Å². The lowest BCUT2D eigenvalue weighted by atomic mass is 10.1. The number of anilines is 1. The number of nitrogens with one attached hydrogen (secondary N) is 1. The van der Waals surface area contributed by atoms with Crippen molar-refractivity contribution in [2.45, 2.75) is 6.54 Å². The Hall–Kier alpha value is -2.70. The minimum absolute atomic E-state index is 0.138. The van der Waals surface area contributed by atoms with Crippen molar-refractivity contribution in [2.75, 3.05) is 38.2 Å². The summed E-state index contributed by atoms with van der Waals surface area (Å²) >= 11 is 6.00. The van der Waals surface area contributed by atoms with Crippen LogP contribution in [0.5, 0.6) is 11.5 Å². The minimum Gasteiger partial charge on any atom is -0.871 e. The lowest BCUT2D eigenvalue weighted by molar-refractivity contribution is -0.914.